The van der Waals surface area contributed by atoms with E-state index in [-0.39, 0.29) is 15.9 Å². The van der Waals surface area contributed by atoms with Crippen LogP contribution in [0.5, 0.6) is 0 Å². The maximum Gasteiger partial charge on any atom is 0.416 e. The Kier molecular flexibility index (Phi) is 3.80. The van der Waals surface area contributed by atoms with Crippen LogP contribution in [0.15, 0.2) is 27.2 Å². The minimum absolute atomic E-state index is 0.0607. The van der Waals surface area contributed by atoms with Crippen LogP contribution in [0.1, 0.15) is 16.2 Å². The van der Waals surface area contributed by atoms with Gasteiger partial charge in [-0.2, -0.15) is 18.2 Å². The lowest BCUT2D eigenvalue weighted by atomic mass is 10.1. The summed E-state index contributed by atoms with van der Waals surface area (Å²) in [6.45, 7) is 0. The van der Waals surface area contributed by atoms with Crippen LogP contribution in [0.4, 0.5) is 13.2 Å². The first-order valence-corrected chi connectivity index (χ1v) is 5.90. The van der Waals surface area contributed by atoms with Gasteiger partial charge in [0, 0.05) is 10.0 Å². The molecular weight excluding hydrogens is 345 g/mol. The Morgan fingerprint density at radius 3 is 2.65 bits per heavy atom. The van der Waals surface area contributed by atoms with Crippen LogP contribution < -0.4 is 0 Å². The number of hydrogen-bond acceptors (Lipinski definition) is 5. The summed E-state index contributed by atoms with van der Waals surface area (Å²) in [7, 11) is 1.12. The maximum absolute atomic E-state index is 12.7. The van der Waals surface area contributed by atoms with Gasteiger partial charge in [-0.3, -0.25) is 0 Å². The molecule has 0 bridgehead atoms. The smallest absolute Gasteiger partial charge is 0.416 e. The molecule has 0 aliphatic rings. The number of aromatic nitrogens is 2. The Morgan fingerprint density at radius 2 is 2.05 bits per heavy atom. The lowest BCUT2D eigenvalue weighted by Crippen LogP contribution is -2.05. The highest BCUT2D eigenvalue weighted by Gasteiger charge is 2.31. The van der Waals surface area contributed by atoms with Crippen molar-refractivity contribution in [1.29, 1.82) is 0 Å². The van der Waals surface area contributed by atoms with E-state index in [0.29, 0.717) is 0 Å². The molecule has 0 saturated heterocycles. The molecule has 9 heteroatoms. The van der Waals surface area contributed by atoms with Crippen molar-refractivity contribution in [3.05, 3.63) is 34.1 Å². The van der Waals surface area contributed by atoms with Crippen LogP contribution in [0.25, 0.3) is 11.4 Å². The van der Waals surface area contributed by atoms with Crippen LogP contribution in [0.2, 0.25) is 0 Å². The highest BCUT2D eigenvalue weighted by atomic mass is 79.9. The molecule has 5 nitrogen and oxygen atoms in total. The Labute approximate surface area is 118 Å². The predicted octanol–water partition coefficient (Wildman–Crippen LogP) is 3.30. The van der Waals surface area contributed by atoms with Crippen molar-refractivity contribution in [1.82, 2.24) is 10.1 Å². The van der Waals surface area contributed by atoms with E-state index in [1.807, 2.05) is 0 Å². The number of alkyl halides is 3. The first-order valence-electron chi connectivity index (χ1n) is 5.11. The molecule has 0 saturated carbocycles. The molecule has 0 N–H and O–H groups in total. The first-order chi connectivity index (χ1) is 9.31. The van der Waals surface area contributed by atoms with E-state index < -0.39 is 23.6 Å². The molecule has 1 aromatic heterocycles. The van der Waals surface area contributed by atoms with Crippen LogP contribution >= 0.6 is 15.9 Å². The lowest BCUT2D eigenvalue weighted by molar-refractivity contribution is -0.137. The number of benzene rings is 1. The average molecular weight is 351 g/mol. The largest absolute Gasteiger partial charge is 0.462 e. The SMILES string of the molecule is COC(=O)c1nc(-c2cc(Br)cc(C(F)(F)F)c2)no1. The van der Waals surface area contributed by atoms with Gasteiger partial charge in [-0.15, -0.1) is 0 Å². The van der Waals surface area contributed by atoms with Crippen molar-refractivity contribution in [2.24, 2.45) is 0 Å². The Morgan fingerprint density at radius 1 is 1.35 bits per heavy atom. The Hall–Kier alpha value is -1.90. The number of nitrogens with zero attached hydrogens (tertiary/aromatic N) is 2. The summed E-state index contributed by atoms with van der Waals surface area (Å²) >= 11 is 2.97. The minimum atomic E-state index is -4.51. The molecule has 0 atom stereocenters. The van der Waals surface area contributed by atoms with Gasteiger partial charge in [0.1, 0.15) is 0 Å². The normalized spacial score (nSPS) is 11.4. The quantitative estimate of drug-likeness (QED) is 0.777. The summed E-state index contributed by atoms with van der Waals surface area (Å²) in [5.41, 5.74) is -0.808. The van der Waals surface area contributed by atoms with E-state index in [9.17, 15) is 18.0 Å². The van der Waals surface area contributed by atoms with Gasteiger partial charge in [0.25, 0.3) is 0 Å². The van der Waals surface area contributed by atoms with Gasteiger partial charge in [0.2, 0.25) is 5.82 Å². The zero-order valence-corrected chi connectivity index (χ0v) is 11.4. The maximum atomic E-state index is 12.7. The van der Waals surface area contributed by atoms with Gasteiger partial charge in [-0.25, -0.2) is 4.79 Å². The van der Waals surface area contributed by atoms with Crippen LogP contribution in [-0.2, 0) is 10.9 Å². The minimum Gasteiger partial charge on any atom is -0.462 e. The Balaban J connectivity index is 2.45. The molecular formula is C11H6BrF3N2O3. The number of hydrogen-bond donors (Lipinski definition) is 0. The molecule has 0 unspecified atom stereocenters. The van der Waals surface area contributed by atoms with E-state index in [1.54, 1.807) is 0 Å². The summed E-state index contributed by atoms with van der Waals surface area (Å²) in [5.74, 6) is -1.44. The number of carbonyl (C=O) groups excluding carboxylic acids is 1. The molecule has 106 valence electrons. The topological polar surface area (TPSA) is 65.2 Å². The lowest BCUT2D eigenvalue weighted by Gasteiger charge is -2.08. The molecule has 0 aliphatic carbocycles. The molecule has 0 spiro atoms. The van der Waals surface area contributed by atoms with Gasteiger partial charge in [-0.1, -0.05) is 21.1 Å². The third-order valence-corrected chi connectivity index (χ3v) is 2.73. The molecule has 0 amide bonds. The van der Waals surface area contributed by atoms with Crippen LogP contribution in [-0.4, -0.2) is 23.2 Å². The molecule has 20 heavy (non-hydrogen) atoms. The van der Waals surface area contributed by atoms with Gasteiger partial charge in [0.15, 0.2) is 0 Å². The molecule has 2 rings (SSSR count). The fourth-order valence-electron chi connectivity index (χ4n) is 1.39. The molecule has 1 heterocycles. The summed E-state index contributed by atoms with van der Waals surface area (Å²) < 4.78 is 47.2. The van der Waals surface area contributed by atoms with Crippen molar-refractivity contribution in [2.75, 3.05) is 7.11 Å². The molecule has 0 fully saturated rings. The number of halogens is 4. The van der Waals surface area contributed by atoms with Crippen molar-refractivity contribution >= 4 is 21.9 Å². The van der Waals surface area contributed by atoms with Crippen LogP contribution in [0.3, 0.4) is 0 Å². The summed E-state index contributed by atoms with van der Waals surface area (Å²) in [6.07, 6.45) is -4.51. The zero-order valence-electron chi connectivity index (χ0n) is 9.86. The van der Waals surface area contributed by atoms with Gasteiger partial charge in [0.05, 0.1) is 12.7 Å². The van der Waals surface area contributed by atoms with E-state index in [1.165, 1.54) is 6.07 Å². The molecule has 1 aromatic carbocycles. The second-order valence-electron chi connectivity index (χ2n) is 3.64. The molecule has 2 aromatic rings. The predicted molar refractivity (Wildman–Crippen MR) is 63.8 cm³/mol. The zero-order chi connectivity index (χ0) is 14.9. The van der Waals surface area contributed by atoms with Gasteiger partial charge in [-0.05, 0) is 18.2 Å². The number of ether oxygens (including phenoxy) is 1. The third-order valence-electron chi connectivity index (χ3n) is 2.27. The average Bonchev–Trinajstić information content (AvgIpc) is 2.85. The van der Waals surface area contributed by atoms with Crippen molar-refractivity contribution in [2.45, 2.75) is 6.18 Å². The standard InChI is InChI=1S/C11H6BrF3N2O3/c1-19-10(18)9-16-8(17-20-9)5-2-6(11(13,14)15)4-7(12)3-5/h2-4H,1H3. The monoisotopic (exact) mass is 350 g/mol. The molecule has 0 radical (unpaired) electrons. The van der Waals surface area contributed by atoms with E-state index in [2.05, 4.69) is 35.3 Å². The third kappa shape index (κ3) is 2.98. The highest BCUT2D eigenvalue weighted by molar-refractivity contribution is 9.10. The second-order valence-corrected chi connectivity index (χ2v) is 4.56. The molecule has 0 aliphatic heterocycles. The van der Waals surface area contributed by atoms with E-state index in [4.69, 9.17) is 0 Å². The van der Waals surface area contributed by atoms with Crippen molar-refractivity contribution in [3.63, 3.8) is 0 Å². The number of carbonyl (C=O) groups is 1. The fourth-order valence-corrected chi connectivity index (χ4v) is 1.89. The summed E-state index contributed by atoms with van der Waals surface area (Å²) in [5, 5.41) is 3.44. The number of rotatable bonds is 2. The van der Waals surface area contributed by atoms with Crippen molar-refractivity contribution in [3.8, 4) is 11.4 Å². The number of methoxy groups -OCH3 is 1. The van der Waals surface area contributed by atoms with Gasteiger partial charge >= 0.3 is 18.0 Å². The summed E-state index contributed by atoms with van der Waals surface area (Å²) in [6, 6.07) is 3.16. The van der Waals surface area contributed by atoms with Crippen molar-refractivity contribution < 1.29 is 27.2 Å². The number of esters is 1. The summed E-state index contributed by atoms with van der Waals surface area (Å²) in [4.78, 5) is 14.8. The first kappa shape index (κ1) is 14.5. The van der Waals surface area contributed by atoms with Crippen LogP contribution in [0, 0.1) is 0 Å². The fraction of sp³-hybridized carbons (Fsp3) is 0.182. The van der Waals surface area contributed by atoms with E-state index >= 15 is 0 Å². The van der Waals surface area contributed by atoms with E-state index in [0.717, 1.165) is 19.2 Å². The highest BCUT2D eigenvalue weighted by Crippen LogP contribution is 2.34. The second kappa shape index (κ2) is 5.23. The Bertz CT molecular complexity index is 655. The van der Waals surface area contributed by atoms with Gasteiger partial charge < -0.3 is 9.26 Å².